The van der Waals surface area contributed by atoms with Crippen LogP contribution in [0.1, 0.15) is 57.4 Å². The highest BCUT2D eigenvalue weighted by Crippen LogP contribution is 2.21. The van der Waals surface area contributed by atoms with Crippen molar-refractivity contribution in [2.45, 2.75) is 58.4 Å². The van der Waals surface area contributed by atoms with Crippen LogP contribution in [0.5, 0.6) is 0 Å². The molecule has 1 aliphatic heterocycles. The zero-order valence-corrected chi connectivity index (χ0v) is 14.7. The van der Waals surface area contributed by atoms with Gasteiger partial charge in [0.1, 0.15) is 0 Å². The number of hydrogen-bond acceptors (Lipinski definition) is 4. The van der Waals surface area contributed by atoms with Gasteiger partial charge in [0, 0.05) is 31.0 Å². The van der Waals surface area contributed by atoms with E-state index in [2.05, 4.69) is 43.0 Å². The average Bonchev–Trinajstić information content (AvgIpc) is 3.21. The molecule has 2 aromatic rings. The molecule has 1 amide bonds. The van der Waals surface area contributed by atoms with Crippen molar-refractivity contribution in [2.75, 3.05) is 6.54 Å². The van der Waals surface area contributed by atoms with Crippen LogP contribution in [0.3, 0.4) is 0 Å². The molecule has 1 saturated heterocycles. The number of likely N-dealkylation sites (tertiary alicyclic amines) is 1. The van der Waals surface area contributed by atoms with Gasteiger partial charge in [0.15, 0.2) is 0 Å². The standard InChI is InChI=1S/C19H25N3O2/c1-13(2)15-6-8-16(9-7-15)19-20-17(24-21-19)10-11-18(23)22-12-4-5-14(22)3/h6-9,13-14H,4-5,10-12H2,1-3H3/t14-/m0/s1. The molecule has 3 rings (SSSR count). The second-order valence-electron chi connectivity index (χ2n) is 6.87. The molecule has 1 aliphatic rings. The number of rotatable bonds is 5. The molecule has 1 aromatic heterocycles. The Bertz CT molecular complexity index is 691. The third-order valence-corrected chi connectivity index (χ3v) is 4.73. The molecule has 0 saturated carbocycles. The Labute approximate surface area is 143 Å². The summed E-state index contributed by atoms with van der Waals surface area (Å²) in [6.07, 6.45) is 3.13. The summed E-state index contributed by atoms with van der Waals surface area (Å²) in [7, 11) is 0. The number of hydrogen-bond donors (Lipinski definition) is 0. The number of aryl methyl sites for hydroxylation is 1. The summed E-state index contributed by atoms with van der Waals surface area (Å²) >= 11 is 0. The predicted molar refractivity (Wildman–Crippen MR) is 92.6 cm³/mol. The predicted octanol–water partition coefficient (Wildman–Crippen LogP) is 3.80. The van der Waals surface area contributed by atoms with Gasteiger partial charge in [-0.3, -0.25) is 4.79 Å². The molecular formula is C19H25N3O2. The number of aromatic nitrogens is 2. The van der Waals surface area contributed by atoms with Crippen LogP contribution < -0.4 is 0 Å². The van der Waals surface area contributed by atoms with E-state index in [-0.39, 0.29) is 5.91 Å². The Hall–Kier alpha value is -2.17. The van der Waals surface area contributed by atoms with Gasteiger partial charge in [-0.25, -0.2) is 0 Å². The fourth-order valence-corrected chi connectivity index (χ4v) is 3.15. The summed E-state index contributed by atoms with van der Waals surface area (Å²) < 4.78 is 5.30. The van der Waals surface area contributed by atoms with Crippen LogP contribution in [0.15, 0.2) is 28.8 Å². The fourth-order valence-electron chi connectivity index (χ4n) is 3.15. The highest BCUT2D eigenvalue weighted by Gasteiger charge is 2.25. The summed E-state index contributed by atoms with van der Waals surface area (Å²) in [5.41, 5.74) is 2.22. The van der Waals surface area contributed by atoms with Crippen LogP contribution >= 0.6 is 0 Å². The second-order valence-corrected chi connectivity index (χ2v) is 6.87. The SMILES string of the molecule is CC(C)c1ccc(-c2noc(CCC(=O)N3CCC[C@@H]3C)n2)cc1. The van der Waals surface area contributed by atoms with Gasteiger partial charge in [-0.15, -0.1) is 0 Å². The topological polar surface area (TPSA) is 59.2 Å². The van der Waals surface area contributed by atoms with E-state index in [0.29, 0.717) is 36.5 Å². The number of carbonyl (C=O) groups is 1. The summed E-state index contributed by atoms with van der Waals surface area (Å²) in [5, 5.41) is 4.04. The molecule has 128 valence electrons. The number of amides is 1. The van der Waals surface area contributed by atoms with Crippen molar-refractivity contribution in [3.05, 3.63) is 35.7 Å². The first-order chi connectivity index (χ1) is 11.5. The summed E-state index contributed by atoms with van der Waals surface area (Å²) in [6.45, 7) is 7.31. The highest BCUT2D eigenvalue weighted by atomic mass is 16.5. The minimum atomic E-state index is 0.182. The fraction of sp³-hybridized carbons (Fsp3) is 0.526. The van der Waals surface area contributed by atoms with E-state index >= 15 is 0 Å². The van der Waals surface area contributed by atoms with Crippen LogP contribution in [-0.2, 0) is 11.2 Å². The van der Waals surface area contributed by atoms with Crippen LogP contribution in [0, 0.1) is 0 Å². The molecule has 5 heteroatoms. The monoisotopic (exact) mass is 327 g/mol. The Morgan fingerprint density at radius 2 is 2.08 bits per heavy atom. The van der Waals surface area contributed by atoms with E-state index in [1.807, 2.05) is 17.0 Å². The smallest absolute Gasteiger partial charge is 0.227 e. The van der Waals surface area contributed by atoms with Crippen LogP contribution in [0.2, 0.25) is 0 Å². The zero-order chi connectivity index (χ0) is 17.1. The zero-order valence-electron chi connectivity index (χ0n) is 14.7. The van der Waals surface area contributed by atoms with Gasteiger partial charge in [-0.2, -0.15) is 4.98 Å². The third kappa shape index (κ3) is 3.66. The molecule has 0 bridgehead atoms. The van der Waals surface area contributed by atoms with E-state index in [9.17, 15) is 4.79 Å². The second kappa shape index (κ2) is 7.16. The number of carbonyl (C=O) groups excluding carboxylic acids is 1. The Balaban J connectivity index is 1.60. The molecule has 5 nitrogen and oxygen atoms in total. The van der Waals surface area contributed by atoms with E-state index in [0.717, 1.165) is 24.9 Å². The van der Waals surface area contributed by atoms with Gasteiger partial charge in [0.25, 0.3) is 0 Å². The molecule has 2 heterocycles. The highest BCUT2D eigenvalue weighted by molar-refractivity contribution is 5.77. The molecule has 1 aromatic carbocycles. The maximum atomic E-state index is 12.2. The normalized spacial score (nSPS) is 17.7. The number of benzene rings is 1. The van der Waals surface area contributed by atoms with Crippen LogP contribution in [0.25, 0.3) is 11.4 Å². The third-order valence-electron chi connectivity index (χ3n) is 4.73. The van der Waals surface area contributed by atoms with Crippen molar-refractivity contribution >= 4 is 5.91 Å². The molecule has 0 unspecified atom stereocenters. The first-order valence-corrected chi connectivity index (χ1v) is 8.77. The summed E-state index contributed by atoms with van der Waals surface area (Å²) in [5.74, 6) is 1.79. The van der Waals surface area contributed by atoms with Gasteiger partial charge in [-0.1, -0.05) is 43.3 Å². The largest absolute Gasteiger partial charge is 0.340 e. The van der Waals surface area contributed by atoms with Gasteiger partial charge in [0.05, 0.1) is 0 Å². The number of nitrogens with zero attached hydrogens (tertiary/aromatic N) is 3. The van der Waals surface area contributed by atoms with E-state index in [1.165, 1.54) is 5.56 Å². The van der Waals surface area contributed by atoms with Crippen molar-refractivity contribution in [3.63, 3.8) is 0 Å². The first kappa shape index (κ1) is 16.7. The Kier molecular flexibility index (Phi) is 4.97. The Morgan fingerprint density at radius 1 is 1.33 bits per heavy atom. The maximum absolute atomic E-state index is 12.2. The molecule has 0 N–H and O–H groups in total. The van der Waals surface area contributed by atoms with Crippen molar-refractivity contribution in [1.29, 1.82) is 0 Å². The molecule has 24 heavy (non-hydrogen) atoms. The van der Waals surface area contributed by atoms with Gasteiger partial charge < -0.3 is 9.42 Å². The molecule has 1 atom stereocenters. The van der Waals surface area contributed by atoms with Gasteiger partial charge >= 0.3 is 0 Å². The molecule has 1 fully saturated rings. The lowest BCUT2D eigenvalue weighted by Crippen LogP contribution is -2.33. The maximum Gasteiger partial charge on any atom is 0.227 e. The van der Waals surface area contributed by atoms with Crippen molar-refractivity contribution < 1.29 is 9.32 Å². The van der Waals surface area contributed by atoms with Crippen molar-refractivity contribution in [1.82, 2.24) is 15.0 Å². The lowest BCUT2D eigenvalue weighted by molar-refractivity contribution is -0.131. The van der Waals surface area contributed by atoms with E-state index in [1.54, 1.807) is 0 Å². The summed E-state index contributed by atoms with van der Waals surface area (Å²) in [6, 6.07) is 8.57. The van der Waals surface area contributed by atoms with Gasteiger partial charge in [0.2, 0.25) is 17.6 Å². The van der Waals surface area contributed by atoms with Gasteiger partial charge in [-0.05, 0) is 31.2 Å². The molecular weight excluding hydrogens is 302 g/mol. The van der Waals surface area contributed by atoms with Crippen molar-refractivity contribution in [2.24, 2.45) is 0 Å². The van der Waals surface area contributed by atoms with Crippen molar-refractivity contribution in [3.8, 4) is 11.4 Å². The van der Waals surface area contributed by atoms with Crippen LogP contribution in [0.4, 0.5) is 0 Å². The molecule has 0 spiro atoms. The summed E-state index contributed by atoms with van der Waals surface area (Å²) in [4.78, 5) is 18.6. The minimum absolute atomic E-state index is 0.182. The molecule has 0 radical (unpaired) electrons. The van der Waals surface area contributed by atoms with E-state index in [4.69, 9.17) is 4.52 Å². The quantitative estimate of drug-likeness (QED) is 0.838. The molecule has 0 aliphatic carbocycles. The first-order valence-electron chi connectivity index (χ1n) is 8.77. The minimum Gasteiger partial charge on any atom is -0.340 e. The lowest BCUT2D eigenvalue weighted by Gasteiger charge is -2.20. The average molecular weight is 327 g/mol. The lowest BCUT2D eigenvalue weighted by atomic mass is 10.0. The van der Waals surface area contributed by atoms with Crippen LogP contribution in [-0.4, -0.2) is 33.5 Å². The van der Waals surface area contributed by atoms with E-state index < -0.39 is 0 Å². The Morgan fingerprint density at radius 3 is 2.71 bits per heavy atom.